The van der Waals surface area contributed by atoms with E-state index in [1.807, 2.05) is 6.92 Å². The number of rotatable bonds is 3. The Morgan fingerprint density at radius 2 is 2.05 bits per heavy atom. The molecule has 112 valence electrons. The lowest BCUT2D eigenvalue weighted by atomic mass is 10.1. The lowest BCUT2D eigenvalue weighted by Crippen LogP contribution is -2.40. The number of halogens is 1. The highest BCUT2D eigenvalue weighted by Crippen LogP contribution is 2.28. The monoisotopic (exact) mass is 291 g/mol. The number of hydrogen-bond acceptors (Lipinski definition) is 5. The van der Waals surface area contributed by atoms with Gasteiger partial charge in [0.2, 0.25) is 11.8 Å². The Labute approximate surface area is 122 Å². The minimum atomic E-state index is -0.235. The van der Waals surface area contributed by atoms with Crippen LogP contribution in [0.5, 0.6) is 0 Å². The second-order valence-electron chi connectivity index (χ2n) is 5.24. The molecule has 1 aromatic heterocycles. The second-order valence-corrected chi connectivity index (χ2v) is 5.24. The van der Waals surface area contributed by atoms with Gasteiger partial charge in [-0.1, -0.05) is 12.1 Å². The Morgan fingerprint density at radius 3 is 2.71 bits per heavy atom. The zero-order valence-electron chi connectivity index (χ0n) is 12.1. The Morgan fingerprint density at radius 1 is 1.29 bits per heavy atom. The van der Waals surface area contributed by atoms with Crippen LogP contribution in [0.2, 0.25) is 0 Å². The SMILES string of the molecule is Cc1nnc([C@@H](C)N2CCO[C@H](c3ccc(F)cc3)C2)o1. The summed E-state index contributed by atoms with van der Waals surface area (Å²) in [6.45, 7) is 5.97. The third kappa shape index (κ3) is 3.11. The van der Waals surface area contributed by atoms with Gasteiger partial charge in [0.05, 0.1) is 18.8 Å². The number of aryl methyl sites for hydroxylation is 1. The van der Waals surface area contributed by atoms with Crippen LogP contribution in [0.25, 0.3) is 0 Å². The largest absolute Gasteiger partial charge is 0.424 e. The van der Waals surface area contributed by atoms with Gasteiger partial charge in [0, 0.05) is 20.0 Å². The highest BCUT2D eigenvalue weighted by molar-refractivity contribution is 5.19. The molecule has 2 heterocycles. The summed E-state index contributed by atoms with van der Waals surface area (Å²) in [6, 6.07) is 6.50. The fraction of sp³-hybridized carbons (Fsp3) is 0.467. The molecule has 3 rings (SSSR count). The number of hydrogen-bond donors (Lipinski definition) is 0. The van der Waals surface area contributed by atoms with Gasteiger partial charge in [0.15, 0.2) is 0 Å². The van der Waals surface area contributed by atoms with Crippen molar-refractivity contribution in [2.75, 3.05) is 19.7 Å². The first-order valence-electron chi connectivity index (χ1n) is 7.04. The van der Waals surface area contributed by atoms with Crippen LogP contribution in [0.3, 0.4) is 0 Å². The van der Waals surface area contributed by atoms with E-state index in [1.165, 1.54) is 12.1 Å². The number of nitrogens with zero attached hydrogens (tertiary/aromatic N) is 3. The molecule has 1 fully saturated rings. The zero-order chi connectivity index (χ0) is 14.8. The number of morpholine rings is 1. The van der Waals surface area contributed by atoms with Crippen molar-refractivity contribution < 1.29 is 13.5 Å². The van der Waals surface area contributed by atoms with E-state index in [1.54, 1.807) is 19.1 Å². The number of ether oxygens (including phenoxy) is 1. The molecule has 0 radical (unpaired) electrons. The van der Waals surface area contributed by atoms with Gasteiger partial charge in [-0.25, -0.2) is 4.39 Å². The molecular weight excluding hydrogens is 273 g/mol. The molecule has 0 unspecified atom stereocenters. The van der Waals surface area contributed by atoms with Crippen LogP contribution in [-0.4, -0.2) is 34.8 Å². The van der Waals surface area contributed by atoms with Crippen molar-refractivity contribution in [2.24, 2.45) is 0 Å². The zero-order valence-corrected chi connectivity index (χ0v) is 12.1. The molecule has 1 aliphatic heterocycles. The molecule has 0 amide bonds. The molecule has 0 bridgehead atoms. The lowest BCUT2D eigenvalue weighted by Gasteiger charge is -2.35. The van der Waals surface area contributed by atoms with E-state index in [2.05, 4.69) is 15.1 Å². The third-order valence-electron chi connectivity index (χ3n) is 3.79. The van der Waals surface area contributed by atoms with E-state index in [9.17, 15) is 4.39 Å². The Balaban J connectivity index is 1.72. The topological polar surface area (TPSA) is 51.4 Å². The average Bonchev–Trinajstić information content (AvgIpc) is 2.94. The van der Waals surface area contributed by atoms with E-state index >= 15 is 0 Å². The van der Waals surface area contributed by atoms with Crippen molar-refractivity contribution in [3.8, 4) is 0 Å². The molecule has 6 heteroatoms. The molecule has 2 atom stereocenters. The van der Waals surface area contributed by atoms with Crippen molar-refractivity contribution in [1.82, 2.24) is 15.1 Å². The first-order chi connectivity index (χ1) is 10.1. The van der Waals surface area contributed by atoms with Gasteiger partial charge in [-0.05, 0) is 24.6 Å². The lowest BCUT2D eigenvalue weighted by molar-refractivity contribution is -0.0464. The summed E-state index contributed by atoms with van der Waals surface area (Å²) in [7, 11) is 0. The second kappa shape index (κ2) is 5.91. The molecule has 1 aliphatic rings. The Bertz CT molecular complexity index is 599. The van der Waals surface area contributed by atoms with Gasteiger partial charge in [0.1, 0.15) is 5.82 Å². The van der Waals surface area contributed by atoms with E-state index < -0.39 is 0 Å². The van der Waals surface area contributed by atoms with Gasteiger partial charge in [-0.3, -0.25) is 4.90 Å². The average molecular weight is 291 g/mol. The smallest absolute Gasteiger partial charge is 0.233 e. The fourth-order valence-corrected chi connectivity index (χ4v) is 2.54. The first-order valence-corrected chi connectivity index (χ1v) is 7.04. The predicted octanol–water partition coefficient (Wildman–Crippen LogP) is 2.65. The fourth-order valence-electron chi connectivity index (χ4n) is 2.54. The van der Waals surface area contributed by atoms with Crippen molar-refractivity contribution in [3.63, 3.8) is 0 Å². The molecule has 21 heavy (non-hydrogen) atoms. The van der Waals surface area contributed by atoms with Crippen LogP contribution in [0, 0.1) is 12.7 Å². The summed E-state index contributed by atoms with van der Waals surface area (Å²) in [5.74, 6) is 0.952. The third-order valence-corrected chi connectivity index (χ3v) is 3.79. The van der Waals surface area contributed by atoms with Gasteiger partial charge in [-0.15, -0.1) is 10.2 Å². The highest BCUT2D eigenvalue weighted by atomic mass is 19.1. The Kier molecular flexibility index (Phi) is 3.98. The summed E-state index contributed by atoms with van der Waals surface area (Å²) >= 11 is 0. The summed E-state index contributed by atoms with van der Waals surface area (Å²) < 4.78 is 24.3. The summed E-state index contributed by atoms with van der Waals surface area (Å²) in [4.78, 5) is 2.24. The first kappa shape index (κ1) is 14.2. The molecule has 1 saturated heterocycles. The van der Waals surface area contributed by atoms with Crippen molar-refractivity contribution in [2.45, 2.75) is 26.0 Å². The standard InChI is InChI=1S/C15H18FN3O2/c1-10(15-18-17-11(2)21-15)19-7-8-20-14(9-19)12-3-5-13(16)6-4-12/h3-6,10,14H,7-9H2,1-2H3/t10-,14+/m1/s1. The normalized spacial score (nSPS) is 21.4. The summed E-state index contributed by atoms with van der Waals surface area (Å²) in [5.41, 5.74) is 0.981. The maximum Gasteiger partial charge on any atom is 0.233 e. The minimum Gasteiger partial charge on any atom is -0.424 e. The Hall–Kier alpha value is -1.79. The van der Waals surface area contributed by atoms with Gasteiger partial charge >= 0.3 is 0 Å². The van der Waals surface area contributed by atoms with E-state index in [0.717, 1.165) is 12.1 Å². The molecule has 1 aromatic carbocycles. The van der Waals surface area contributed by atoms with Crippen LogP contribution in [-0.2, 0) is 4.74 Å². The van der Waals surface area contributed by atoms with Crippen LogP contribution in [0.4, 0.5) is 4.39 Å². The molecule has 0 N–H and O–H groups in total. The van der Waals surface area contributed by atoms with Gasteiger partial charge in [-0.2, -0.15) is 0 Å². The maximum atomic E-state index is 13.0. The highest BCUT2D eigenvalue weighted by Gasteiger charge is 2.28. The molecule has 0 saturated carbocycles. The minimum absolute atomic E-state index is 0.0399. The maximum absolute atomic E-state index is 13.0. The molecule has 0 aliphatic carbocycles. The van der Waals surface area contributed by atoms with Crippen LogP contribution in [0.15, 0.2) is 28.7 Å². The summed E-state index contributed by atoms with van der Waals surface area (Å²) in [6.07, 6.45) is -0.0641. The predicted molar refractivity (Wildman–Crippen MR) is 74.1 cm³/mol. The van der Waals surface area contributed by atoms with E-state index in [-0.39, 0.29) is 18.0 Å². The van der Waals surface area contributed by atoms with E-state index in [4.69, 9.17) is 9.15 Å². The van der Waals surface area contributed by atoms with Crippen molar-refractivity contribution in [3.05, 3.63) is 47.4 Å². The van der Waals surface area contributed by atoms with Crippen molar-refractivity contribution >= 4 is 0 Å². The van der Waals surface area contributed by atoms with Gasteiger partial charge < -0.3 is 9.15 Å². The number of benzene rings is 1. The van der Waals surface area contributed by atoms with Crippen LogP contribution >= 0.6 is 0 Å². The summed E-state index contributed by atoms with van der Waals surface area (Å²) in [5, 5.41) is 7.95. The van der Waals surface area contributed by atoms with Crippen LogP contribution in [0.1, 0.15) is 36.4 Å². The van der Waals surface area contributed by atoms with Gasteiger partial charge in [0.25, 0.3) is 0 Å². The van der Waals surface area contributed by atoms with E-state index in [0.29, 0.717) is 24.9 Å². The molecule has 5 nitrogen and oxygen atoms in total. The van der Waals surface area contributed by atoms with Crippen molar-refractivity contribution in [1.29, 1.82) is 0 Å². The molecule has 0 spiro atoms. The number of aromatic nitrogens is 2. The van der Waals surface area contributed by atoms with Crippen LogP contribution < -0.4 is 0 Å². The quantitative estimate of drug-likeness (QED) is 0.870. The molecule has 2 aromatic rings. The molecular formula is C15H18FN3O2.